The van der Waals surface area contributed by atoms with E-state index < -0.39 is 16.0 Å². The second-order valence-corrected chi connectivity index (χ2v) is 7.80. The second-order valence-electron chi connectivity index (χ2n) is 5.90. The number of piperidine rings is 1. The van der Waals surface area contributed by atoms with Gasteiger partial charge in [-0.2, -0.15) is 4.31 Å². The van der Waals surface area contributed by atoms with Crippen LogP contribution in [0.1, 0.15) is 43.0 Å². The largest absolute Gasteiger partial charge is 0.463 e. The molecule has 0 unspecified atom stereocenters. The van der Waals surface area contributed by atoms with Crippen molar-refractivity contribution in [3.8, 4) is 0 Å². The van der Waals surface area contributed by atoms with Crippen LogP contribution in [0.2, 0.25) is 0 Å². The second kappa shape index (κ2) is 8.13. The van der Waals surface area contributed by atoms with Gasteiger partial charge in [0.15, 0.2) is 0 Å². The van der Waals surface area contributed by atoms with Gasteiger partial charge in [-0.1, -0.05) is 13.8 Å². The van der Waals surface area contributed by atoms with Gasteiger partial charge >= 0.3 is 5.97 Å². The minimum atomic E-state index is -3.66. The molecule has 0 aromatic carbocycles. The van der Waals surface area contributed by atoms with Gasteiger partial charge in [0, 0.05) is 25.6 Å². The first-order valence-electron chi connectivity index (χ1n) is 8.35. The summed E-state index contributed by atoms with van der Waals surface area (Å²) in [6.45, 7) is 6.66. The van der Waals surface area contributed by atoms with Gasteiger partial charge in [-0.05, 0) is 31.8 Å². The minimum absolute atomic E-state index is 0.0741. The fourth-order valence-corrected chi connectivity index (χ4v) is 4.62. The van der Waals surface area contributed by atoms with E-state index in [9.17, 15) is 13.2 Å². The summed E-state index contributed by atoms with van der Waals surface area (Å²) in [5, 5.41) is 3.31. The monoisotopic (exact) mass is 358 g/mol. The highest BCUT2D eigenvalue weighted by Gasteiger charge is 2.33. The van der Waals surface area contributed by atoms with Crippen LogP contribution < -0.4 is 5.32 Å². The zero-order valence-electron chi connectivity index (χ0n) is 14.5. The maximum atomic E-state index is 12.9. The Labute approximate surface area is 143 Å². The Bertz CT molecular complexity index is 660. The maximum Gasteiger partial charge on any atom is 0.373 e. The molecule has 24 heavy (non-hydrogen) atoms. The van der Waals surface area contributed by atoms with Crippen molar-refractivity contribution in [2.24, 2.45) is 5.92 Å². The molecule has 1 saturated heterocycles. The van der Waals surface area contributed by atoms with Crippen LogP contribution in [-0.2, 0) is 21.2 Å². The number of hydrogen-bond acceptors (Lipinski definition) is 6. The number of rotatable bonds is 7. The predicted molar refractivity (Wildman–Crippen MR) is 89.5 cm³/mol. The van der Waals surface area contributed by atoms with Gasteiger partial charge in [0.1, 0.15) is 10.7 Å². The Balaban J connectivity index is 2.16. The SMILES string of the molecule is CCNCC1CCN(S(=O)(=O)c2cc(C(=O)OC)oc2CC)CC1. The molecule has 0 atom stereocenters. The number of aryl methyl sites for hydroxylation is 1. The summed E-state index contributed by atoms with van der Waals surface area (Å²) in [7, 11) is -2.42. The van der Waals surface area contributed by atoms with Crippen molar-refractivity contribution >= 4 is 16.0 Å². The van der Waals surface area contributed by atoms with Crippen LogP contribution in [0.4, 0.5) is 0 Å². The molecular formula is C16H26N2O5S. The van der Waals surface area contributed by atoms with Crippen molar-refractivity contribution in [3.63, 3.8) is 0 Å². The molecule has 1 aliphatic rings. The van der Waals surface area contributed by atoms with Crippen LogP contribution in [0.15, 0.2) is 15.4 Å². The molecule has 1 aromatic heterocycles. The van der Waals surface area contributed by atoms with Crippen LogP contribution >= 0.6 is 0 Å². The van der Waals surface area contributed by atoms with E-state index in [1.807, 2.05) is 0 Å². The van der Waals surface area contributed by atoms with Crippen molar-refractivity contribution in [2.45, 2.75) is 38.0 Å². The summed E-state index contributed by atoms with van der Waals surface area (Å²) in [5.74, 6) is 0.0488. The Morgan fingerprint density at radius 2 is 2.04 bits per heavy atom. The minimum Gasteiger partial charge on any atom is -0.463 e. The highest BCUT2D eigenvalue weighted by atomic mass is 32.2. The number of carbonyl (C=O) groups excluding carboxylic acids is 1. The van der Waals surface area contributed by atoms with Gasteiger partial charge in [-0.25, -0.2) is 13.2 Å². The van der Waals surface area contributed by atoms with E-state index in [1.165, 1.54) is 17.5 Å². The topological polar surface area (TPSA) is 88.9 Å². The summed E-state index contributed by atoms with van der Waals surface area (Å²) in [5.41, 5.74) is 0. The molecule has 8 heteroatoms. The number of ether oxygens (including phenoxy) is 1. The Kier molecular flexibility index (Phi) is 6.42. The van der Waals surface area contributed by atoms with E-state index in [4.69, 9.17) is 4.42 Å². The highest BCUT2D eigenvalue weighted by molar-refractivity contribution is 7.89. The number of furan rings is 1. The lowest BCUT2D eigenvalue weighted by Gasteiger charge is -2.31. The first kappa shape index (κ1) is 19.0. The van der Waals surface area contributed by atoms with E-state index >= 15 is 0 Å². The number of esters is 1. The lowest BCUT2D eigenvalue weighted by molar-refractivity contribution is 0.0563. The van der Waals surface area contributed by atoms with E-state index in [0.717, 1.165) is 25.9 Å². The number of nitrogens with zero attached hydrogens (tertiary/aromatic N) is 1. The van der Waals surface area contributed by atoms with E-state index in [0.29, 0.717) is 31.2 Å². The molecule has 2 heterocycles. The molecule has 1 N–H and O–H groups in total. The van der Waals surface area contributed by atoms with Crippen LogP contribution in [0.25, 0.3) is 0 Å². The third-order valence-electron chi connectivity index (χ3n) is 4.35. The van der Waals surface area contributed by atoms with Crippen LogP contribution in [-0.4, -0.2) is 52.0 Å². The summed E-state index contributed by atoms with van der Waals surface area (Å²) in [4.78, 5) is 11.7. The Hall–Kier alpha value is -1.38. The van der Waals surface area contributed by atoms with Crippen molar-refractivity contribution in [3.05, 3.63) is 17.6 Å². The summed E-state index contributed by atoms with van der Waals surface area (Å²) >= 11 is 0. The molecule has 2 rings (SSSR count). The molecule has 1 aromatic rings. The van der Waals surface area contributed by atoms with Gasteiger partial charge < -0.3 is 14.5 Å². The standard InChI is InChI=1S/C16H26N2O5S/c1-4-13-15(10-14(23-13)16(19)22-3)24(20,21)18-8-6-12(7-9-18)11-17-5-2/h10,12,17H,4-9,11H2,1-3H3. The van der Waals surface area contributed by atoms with E-state index in [1.54, 1.807) is 6.92 Å². The van der Waals surface area contributed by atoms with Gasteiger partial charge in [0.2, 0.25) is 15.8 Å². The average Bonchev–Trinajstić information content (AvgIpc) is 3.05. The van der Waals surface area contributed by atoms with Crippen molar-refractivity contribution in [2.75, 3.05) is 33.3 Å². The quantitative estimate of drug-likeness (QED) is 0.746. The summed E-state index contributed by atoms with van der Waals surface area (Å²) in [6.07, 6.45) is 2.05. The lowest BCUT2D eigenvalue weighted by Crippen LogP contribution is -2.40. The number of hydrogen-bond donors (Lipinski definition) is 1. The molecule has 136 valence electrons. The summed E-state index contributed by atoms with van der Waals surface area (Å²) in [6, 6.07) is 1.28. The highest BCUT2D eigenvalue weighted by Crippen LogP contribution is 2.28. The normalized spacial score (nSPS) is 17.1. The molecule has 0 aliphatic carbocycles. The van der Waals surface area contributed by atoms with E-state index in [-0.39, 0.29) is 10.7 Å². The van der Waals surface area contributed by atoms with Crippen LogP contribution in [0, 0.1) is 5.92 Å². The fourth-order valence-electron chi connectivity index (χ4n) is 2.92. The first-order valence-corrected chi connectivity index (χ1v) is 9.79. The van der Waals surface area contributed by atoms with Crippen molar-refractivity contribution < 1.29 is 22.4 Å². The molecule has 0 spiro atoms. The molecule has 7 nitrogen and oxygen atoms in total. The zero-order chi connectivity index (χ0) is 17.7. The third-order valence-corrected chi connectivity index (χ3v) is 6.30. The van der Waals surface area contributed by atoms with Crippen LogP contribution in [0.5, 0.6) is 0 Å². The van der Waals surface area contributed by atoms with Gasteiger partial charge in [0.05, 0.1) is 7.11 Å². The zero-order valence-corrected chi connectivity index (χ0v) is 15.3. The van der Waals surface area contributed by atoms with Gasteiger partial charge in [0.25, 0.3) is 0 Å². The molecule has 0 bridgehead atoms. The molecule has 0 amide bonds. The maximum absolute atomic E-state index is 12.9. The average molecular weight is 358 g/mol. The number of nitrogens with one attached hydrogen (secondary N) is 1. The summed E-state index contributed by atoms with van der Waals surface area (Å²) < 4.78 is 37.3. The smallest absolute Gasteiger partial charge is 0.373 e. The number of carbonyl (C=O) groups is 1. The Morgan fingerprint density at radius 1 is 1.38 bits per heavy atom. The Morgan fingerprint density at radius 3 is 2.58 bits per heavy atom. The van der Waals surface area contributed by atoms with Crippen molar-refractivity contribution in [1.29, 1.82) is 0 Å². The van der Waals surface area contributed by atoms with Gasteiger partial charge in [-0.3, -0.25) is 0 Å². The molecule has 1 aliphatic heterocycles. The third kappa shape index (κ3) is 3.99. The molecule has 0 saturated carbocycles. The van der Waals surface area contributed by atoms with E-state index in [2.05, 4.69) is 17.0 Å². The van der Waals surface area contributed by atoms with Crippen LogP contribution in [0.3, 0.4) is 0 Å². The van der Waals surface area contributed by atoms with Gasteiger partial charge in [-0.15, -0.1) is 0 Å². The molecular weight excluding hydrogens is 332 g/mol. The number of methoxy groups -OCH3 is 1. The molecule has 1 fully saturated rings. The number of sulfonamides is 1. The first-order chi connectivity index (χ1) is 11.4. The molecule has 0 radical (unpaired) electrons. The van der Waals surface area contributed by atoms with Crippen molar-refractivity contribution in [1.82, 2.24) is 9.62 Å². The fraction of sp³-hybridized carbons (Fsp3) is 0.688. The lowest BCUT2D eigenvalue weighted by atomic mass is 9.98. The predicted octanol–water partition coefficient (Wildman–Crippen LogP) is 1.64.